The maximum atomic E-state index is 14.6. The van der Waals surface area contributed by atoms with Crippen LogP contribution in [0.4, 0.5) is 4.79 Å². The van der Waals surface area contributed by atoms with Crippen LogP contribution in [0.25, 0.3) is 0 Å². The molecule has 1 aliphatic carbocycles. The van der Waals surface area contributed by atoms with Crippen LogP contribution in [0, 0.1) is 35.5 Å². The smallest absolute Gasteiger partial charge is 0.460 e. The van der Waals surface area contributed by atoms with E-state index >= 15 is 0 Å². The molecule has 442 valence electrons. The lowest BCUT2D eigenvalue weighted by Crippen LogP contribution is -2.61. The fourth-order valence-electron chi connectivity index (χ4n) is 11.0. The molecule has 4 aliphatic rings. The van der Waals surface area contributed by atoms with Crippen LogP contribution in [0.15, 0.2) is 47.6 Å². The van der Waals surface area contributed by atoms with Crippen molar-refractivity contribution in [3.05, 3.63) is 47.6 Å². The third kappa shape index (κ3) is 19.5. The number of nitrogens with zero attached hydrogens (tertiary/aromatic N) is 1. The lowest BCUT2D eigenvalue weighted by atomic mass is 9.78. The lowest BCUT2D eigenvalue weighted by Gasteiger charge is -2.42. The molecular formula is C55H87NO20P2. The van der Waals surface area contributed by atoms with Crippen LogP contribution in [0.2, 0.25) is 0 Å². The van der Waals surface area contributed by atoms with E-state index in [4.69, 9.17) is 42.9 Å². The van der Waals surface area contributed by atoms with Gasteiger partial charge in [-0.05, 0) is 107 Å². The minimum Gasteiger partial charge on any atom is -0.460 e. The third-order valence-corrected chi connectivity index (χ3v) is 19.9. The third-order valence-electron chi connectivity index (χ3n) is 15.8. The van der Waals surface area contributed by atoms with E-state index in [1.807, 2.05) is 51.2 Å². The van der Waals surface area contributed by atoms with E-state index in [9.17, 15) is 53.0 Å². The molecule has 1 saturated carbocycles. The number of rotatable bonds is 12. The second-order valence-corrected chi connectivity index (χ2v) is 26.8. The number of fused-ring (bicyclic) bond motifs is 3. The summed E-state index contributed by atoms with van der Waals surface area (Å²) >= 11 is 0. The highest BCUT2D eigenvalue weighted by atomic mass is 31.2. The van der Waals surface area contributed by atoms with Crippen LogP contribution in [0.5, 0.6) is 0 Å². The second-order valence-electron chi connectivity index (χ2n) is 22.2. The zero-order valence-corrected chi connectivity index (χ0v) is 48.9. The summed E-state index contributed by atoms with van der Waals surface area (Å²) in [6.45, 7) is 11.7. The number of ketones is 3. The number of hydrogen-bond acceptors (Lipinski definition) is 17. The van der Waals surface area contributed by atoms with Gasteiger partial charge < -0.3 is 63.0 Å². The van der Waals surface area contributed by atoms with Gasteiger partial charge in [-0.3, -0.25) is 28.3 Å². The van der Waals surface area contributed by atoms with Gasteiger partial charge in [0.15, 0.2) is 5.78 Å². The van der Waals surface area contributed by atoms with Crippen molar-refractivity contribution in [2.24, 2.45) is 35.5 Å². The summed E-state index contributed by atoms with van der Waals surface area (Å²) in [4.78, 5) is 113. The van der Waals surface area contributed by atoms with Gasteiger partial charge in [0.1, 0.15) is 48.8 Å². The summed E-state index contributed by atoms with van der Waals surface area (Å²) in [7, 11) is -4.79. The number of esters is 1. The van der Waals surface area contributed by atoms with E-state index in [0.717, 1.165) is 10.5 Å². The molecule has 0 aromatic carbocycles. The van der Waals surface area contributed by atoms with Crippen LogP contribution in [0.1, 0.15) is 126 Å². The molecule has 5 N–H and O–H groups in total. The first-order chi connectivity index (χ1) is 36.5. The molecule has 0 aromatic rings. The Morgan fingerprint density at radius 1 is 0.859 bits per heavy atom. The van der Waals surface area contributed by atoms with Gasteiger partial charge in [0.05, 0.1) is 24.5 Å². The van der Waals surface area contributed by atoms with Gasteiger partial charge in [0, 0.05) is 58.5 Å². The normalized spacial score (nSPS) is 36.6. The number of allylic oxidation sites excluding steroid dienone is 6. The summed E-state index contributed by atoms with van der Waals surface area (Å²) in [5, 5.41) is 23.5. The molecule has 0 aromatic heterocycles. The number of carbonyl (C=O) groups is 6. The zero-order valence-electron chi connectivity index (χ0n) is 47.1. The van der Waals surface area contributed by atoms with E-state index in [1.54, 1.807) is 40.9 Å². The molecular weight excluding hydrogens is 1060 g/mol. The Bertz CT molecular complexity index is 2290. The first-order valence-electron chi connectivity index (χ1n) is 27.2. The fraction of sp³-hybridized carbons (Fsp3) is 0.745. The first kappa shape index (κ1) is 66.8. The molecule has 3 fully saturated rings. The van der Waals surface area contributed by atoms with Crippen molar-refractivity contribution in [1.82, 2.24) is 4.90 Å². The van der Waals surface area contributed by atoms with Crippen molar-refractivity contribution < 1.29 is 95.9 Å². The second kappa shape index (κ2) is 30.4. The fourth-order valence-corrected chi connectivity index (χ4v) is 14.3. The Hall–Kier alpha value is -3.72. The number of piperidine rings is 1. The van der Waals surface area contributed by atoms with Crippen molar-refractivity contribution in [3.8, 4) is 0 Å². The Morgan fingerprint density at radius 2 is 1.56 bits per heavy atom. The summed E-state index contributed by atoms with van der Waals surface area (Å²) in [5.74, 6) is -10.4. The number of methoxy groups -OCH3 is 3. The summed E-state index contributed by atoms with van der Waals surface area (Å²) < 4.78 is 63.4. The predicted octanol–water partition coefficient (Wildman–Crippen LogP) is 6.75. The van der Waals surface area contributed by atoms with Gasteiger partial charge >= 0.3 is 19.7 Å². The van der Waals surface area contributed by atoms with Gasteiger partial charge in [0.2, 0.25) is 13.2 Å². The standard InChI is InChI=1S/C55H87NO20P2/c1-33-16-12-11-13-17-34(2)45(70-8)30-41-21-19-39(7)55(64,76-41)51(60)52(61)56-23-15-14-18-42(56)53(62)74-46(31-43(57)35(3)27-38(6)49(59)50(72-10)48(58)37(5)26-33)36(4)28-40-20-22-44(47(29-40)71-9)75-54(63)73-24-25-77(65,66)32-78(67,68)69/h11-13,16-17,27,33,35-37,39-42,44-47,49-50,59,64H,14-15,18-26,28-32H2,1-10H3,(H,65,66)(H2,67,68,69)/b13-11+,16-12-,34-17+,38-27+/t33-,35-,36-,37-,39-,40-,41+,42+,44-,45+,46+,47-,49-,50+,55-/m1/s1. The van der Waals surface area contributed by atoms with Crippen LogP contribution in [0.3, 0.4) is 0 Å². The van der Waals surface area contributed by atoms with Crippen LogP contribution in [-0.2, 0) is 66.3 Å². The highest BCUT2D eigenvalue weighted by Gasteiger charge is 2.53. The molecule has 16 atom stereocenters. The largest absolute Gasteiger partial charge is 0.508 e. The average molecular weight is 1140 g/mol. The zero-order chi connectivity index (χ0) is 58.3. The maximum Gasteiger partial charge on any atom is 0.508 e. The number of ether oxygens (including phenoxy) is 7. The number of aliphatic hydroxyl groups excluding tert-OH is 1. The van der Waals surface area contributed by atoms with E-state index in [2.05, 4.69) is 0 Å². The molecule has 1 unspecified atom stereocenters. The van der Waals surface area contributed by atoms with Crippen molar-refractivity contribution in [2.45, 2.75) is 180 Å². The van der Waals surface area contributed by atoms with Gasteiger partial charge in [0.25, 0.3) is 11.7 Å². The van der Waals surface area contributed by atoms with E-state index in [0.29, 0.717) is 56.9 Å². The van der Waals surface area contributed by atoms with Crippen LogP contribution < -0.4 is 0 Å². The minimum absolute atomic E-state index is 0.0119. The average Bonchev–Trinajstić information content (AvgIpc) is 3.37. The minimum atomic E-state index is -4.80. The Morgan fingerprint density at radius 3 is 2.22 bits per heavy atom. The van der Waals surface area contributed by atoms with E-state index < -0.39 is 136 Å². The molecule has 3 heterocycles. The van der Waals surface area contributed by atoms with Crippen molar-refractivity contribution >= 4 is 50.3 Å². The number of carbonyl (C=O) groups excluding carboxylic acids is 6. The van der Waals surface area contributed by atoms with Crippen molar-refractivity contribution in [2.75, 3.05) is 46.5 Å². The lowest BCUT2D eigenvalue weighted by molar-refractivity contribution is -0.265. The molecule has 4 rings (SSSR count). The topological polar surface area (TPSA) is 306 Å². The van der Waals surface area contributed by atoms with Crippen molar-refractivity contribution in [3.63, 3.8) is 0 Å². The van der Waals surface area contributed by atoms with Crippen LogP contribution in [-0.4, -0.2) is 166 Å². The Balaban J connectivity index is 1.64. The molecule has 78 heavy (non-hydrogen) atoms. The molecule has 1 amide bonds. The molecule has 2 saturated heterocycles. The first-order valence-corrected chi connectivity index (χ1v) is 31.0. The highest BCUT2D eigenvalue weighted by molar-refractivity contribution is 7.72. The van der Waals surface area contributed by atoms with Crippen LogP contribution >= 0.6 is 15.0 Å². The van der Waals surface area contributed by atoms with E-state index in [-0.39, 0.29) is 55.6 Å². The summed E-state index contributed by atoms with van der Waals surface area (Å²) in [5.41, 5.74) is 1.16. The Labute approximate surface area is 459 Å². The number of Topliss-reactive ketones (excluding diaryl/α,β-unsaturated/α-hetero) is 3. The SMILES string of the molecule is CO[C@H]1C[C@@H]2CC[C@@H](C)[C@@](O)(O2)C(=O)C(=O)N2CCCC[C@H]2C(=O)O[C@H]([C@H](C)C[C@H]2CC[C@@H](OC(=O)OCCP(=O)(O)CP(=O)(O)O)[C@H](OC)C2)CC(=O)[C@H](C)/C=C(\C)[C@@H](O)[C@@H](OC)C(=O)[C@H](C)C[C@H](C)\C=C/C=C/C=C/1C. The van der Waals surface area contributed by atoms with Gasteiger partial charge in [-0.2, -0.15) is 0 Å². The molecule has 21 nitrogen and oxygen atoms in total. The van der Waals surface area contributed by atoms with E-state index in [1.165, 1.54) is 14.2 Å². The Kier molecular flexibility index (Phi) is 26.0. The predicted molar refractivity (Wildman–Crippen MR) is 287 cm³/mol. The van der Waals surface area contributed by atoms with Gasteiger partial charge in [-0.1, -0.05) is 71.1 Å². The number of hydrogen-bond donors (Lipinski definition) is 5. The molecule has 2 bridgehead atoms. The van der Waals surface area contributed by atoms with Gasteiger partial charge in [-0.15, -0.1) is 0 Å². The van der Waals surface area contributed by atoms with Gasteiger partial charge in [-0.25, -0.2) is 9.59 Å². The monoisotopic (exact) mass is 1140 g/mol. The highest BCUT2D eigenvalue weighted by Crippen LogP contribution is 2.54. The number of amides is 1. The molecule has 0 spiro atoms. The summed E-state index contributed by atoms with van der Waals surface area (Å²) in [6.07, 6.45) is 6.73. The maximum absolute atomic E-state index is 14.6. The quantitative estimate of drug-likeness (QED) is 0.0584. The summed E-state index contributed by atoms with van der Waals surface area (Å²) in [6, 6.07) is -1.24. The number of aliphatic hydroxyl groups is 2. The molecule has 0 radical (unpaired) electrons. The van der Waals surface area contributed by atoms with Crippen molar-refractivity contribution in [1.29, 1.82) is 0 Å². The molecule has 23 heteroatoms. The number of cyclic esters (lactones) is 1. The molecule has 3 aliphatic heterocycles.